The van der Waals surface area contributed by atoms with E-state index in [0.717, 1.165) is 5.56 Å². The molecule has 0 heterocycles. The molecule has 0 saturated heterocycles. The van der Waals surface area contributed by atoms with Gasteiger partial charge < -0.3 is 5.41 Å². The molecule has 0 amide bonds. The zero-order chi connectivity index (χ0) is 9.19. The van der Waals surface area contributed by atoms with Crippen LogP contribution in [0.1, 0.15) is 5.56 Å². The van der Waals surface area contributed by atoms with E-state index in [9.17, 15) is 0 Å². The van der Waals surface area contributed by atoms with Crippen molar-refractivity contribution in [3.63, 3.8) is 0 Å². The topological polar surface area (TPSA) is 23.9 Å². The molecule has 2 heteroatoms. The van der Waals surface area contributed by atoms with Crippen molar-refractivity contribution in [1.29, 1.82) is 5.41 Å². The highest BCUT2D eigenvalue weighted by Crippen LogP contribution is 2.02. The van der Waals surface area contributed by atoms with Gasteiger partial charge in [0.1, 0.15) is 0 Å². The molecular weight excluding hydrogens is 162 g/mol. The average molecular weight is 177 g/mol. The molecule has 0 aromatic heterocycles. The summed E-state index contributed by atoms with van der Waals surface area (Å²) in [5.41, 5.74) is 0.983. The Bertz CT molecular complexity index is 269. The average Bonchev–Trinajstić information content (AvgIpc) is 2.03. The lowest BCUT2D eigenvalue weighted by Gasteiger charge is -2.16. The zero-order valence-electron chi connectivity index (χ0n) is 7.89. The maximum absolute atomic E-state index is 7.06. The molecule has 0 aliphatic heterocycles. The Morgan fingerprint density at radius 2 is 1.58 bits per heavy atom. The van der Waals surface area contributed by atoms with Crippen LogP contribution in [0.25, 0.3) is 0 Å². The normalized spacial score (nSPS) is 11.2. The van der Waals surface area contributed by atoms with Crippen LogP contribution in [0.2, 0.25) is 19.6 Å². The maximum Gasteiger partial charge on any atom is 0.0775 e. The first kappa shape index (κ1) is 9.20. The highest BCUT2D eigenvalue weighted by molar-refractivity contribution is 6.88. The summed E-state index contributed by atoms with van der Waals surface area (Å²) in [6, 6.07) is 8.32. The van der Waals surface area contributed by atoms with E-state index in [1.54, 1.807) is 0 Å². The van der Waals surface area contributed by atoms with E-state index in [2.05, 4.69) is 31.8 Å². The minimum absolute atomic E-state index is 0.983. The van der Waals surface area contributed by atoms with Crippen LogP contribution in [-0.2, 0) is 0 Å². The predicted molar refractivity (Wildman–Crippen MR) is 57.3 cm³/mol. The molecule has 1 nitrogen and oxygen atoms in total. The molecule has 0 aliphatic rings. The van der Waals surface area contributed by atoms with Gasteiger partial charge in [0.05, 0.1) is 8.07 Å². The lowest BCUT2D eigenvalue weighted by atomic mass is 10.2. The summed E-state index contributed by atoms with van der Waals surface area (Å²) in [6.45, 7) is 6.98. The van der Waals surface area contributed by atoms with Crippen LogP contribution in [0.5, 0.6) is 0 Å². The molecule has 0 atom stereocenters. The van der Waals surface area contributed by atoms with Gasteiger partial charge in [-0.3, -0.25) is 0 Å². The van der Waals surface area contributed by atoms with Crippen molar-refractivity contribution in [2.75, 3.05) is 0 Å². The zero-order valence-corrected chi connectivity index (χ0v) is 8.89. The number of rotatable bonds is 2. The van der Waals surface area contributed by atoms with Crippen molar-refractivity contribution in [2.45, 2.75) is 19.6 Å². The number of benzene rings is 1. The van der Waals surface area contributed by atoms with Crippen LogP contribution in [-0.4, -0.2) is 14.3 Å². The fraction of sp³-hybridized carbons (Fsp3) is 0.300. The van der Waals surface area contributed by atoms with E-state index >= 15 is 0 Å². The van der Waals surface area contributed by atoms with Gasteiger partial charge in [0.25, 0.3) is 0 Å². The summed E-state index contributed by atoms with van der Waals surface area (Å²) in [6.07, 6.45) is 1.38. The first-order valence-corrected chi connectivity index (χ1v) is 7.65. The van der Waals surface area contributed by atoms with Gasteiger partial charge in [0, 0.05) is 6.21 Å². The third-order valence-electron chi connectivity index (χ3n) is 1.94. The fourth-order valence-electron chi connectivity index (χ4n) is 1.08. The van der Waals surface area contributed by atoms with Crippen LogP contribution in [0.15, 0.2) is 24.3 Å². The van der Waals surface area contributed by atoms with E-state index in [-0.39, 0.29) is 0 Å². The van der Waals surface area contributed by atoms with Gasteiger partial charge in [-0.1, -0.05) is 49.1 Å². The Hall–Kier alpha value is -0.893. The van der Waals surface area contributed by atoms with E-state index in [4.69, 9.17) is 5.41 Å². The smallest absolute Gasteiger partial charge is 0.0775 e. The van der Waals surface area contributed by atoms with Gasteiger partial charge in [-0.25, -0.2) is 0 Å². The summed E-state index contributed by atoms with van der Waals surface area (Å²) in [5, 5.41) is 8.51. The second-order valence-electron chi connectivity index (χ2n) is 4.02. The predicted octanol–water partition coefficient (Wildman–Crippen LogP) is 2.23. The Balaban J connectivity index is 3.00. The van der Waals surface area contributed by atoms with Gasteiger partial charge in [-0.2, -0.15) is 0 Å². The molecule has 1 rings (SSSR count). The van der Waals surface area contributed by atoms with Gasteiger partial charge in [-0.15, -0.1) is 0 Å². The second-order valence-corrected chi connectivity index (χ2v) is 9.09. The van der Waals surface area contributed by atoms with Crippen molar-refractivity contribution >= 4 is 19.5 Å². The molecule has 64 valence electrons. The Kier molecular flexibility index (Phi) is 2.48. The van der Waals surface area contributed by atoms with Gasteiger partial charge >= 0.3 is 0 Å². The van der Waals surface area contributed by atoms with Crippen molar-refractivity contribution < 1.29 is 0 Å². The number of hydrogen-bond donors (Lipinski definition) is 1. The lowest BCUT2D eigenvalue weighted by molar-refractivity contribution is 1.54. The molecule has 0 spiro atoms. The molecule has 1 aromatic carbocycles. The first-order valence-electron chi connectivity index (χ1n) is 4.15. The van der Waals surface area contributed by atoms with Gasteiger partial charge in [0.15, 0.2) is 0 Å². The summed E-state index contributed by atoms with van der Waals surface area (Å²) < 4.78 is 0. The SMILES string of the molecule is C[Si](C)(C)c1ccc(C=N)cc1. The monoisotopic (exact) mass is 177 g/mol. The number of hydrogen-bond acceptors (Lipinski definition) is 1. The summed E-state index contributed by atoms with van der Waals surface area (Å²) in [7, 11) is -1.14. The van der Waals surface area contributed by atoms with Crippen molar-refractivity contribution in [2.24, 2.45) is 0 Å². The Morgan fingerprint density at radius 3 is 1.92 bits per heavy atom. The van der Waals surface area contributed by atoms with Crippen molar-refractivity contribution in [1.82, 2.24) is 0 Å². The summed E-state index contributed by atoms with van der Waals surface area (Å²) in [5.74, 6) is 0. The third-order valence-corrected chi connectivity index (χ3v) is 4.01. The molecule has 0 bridgehead atoms. The summed E-state index contributed by atoms with van der Waals surface area (Å²) in [4.78, 5) is 0. The van der Waals surface area contributed by atoms with E-state index in [1.807, 2.05) is 12.1 Å². The fourth-order valence-corrected chi connectivity index (χ4v) is 2.25. The third kappa shape index (κ3) is 2.05. The summed E-state index contributed by atoms with van der Waals surface area (Å²) >= 11 is 0. The molecule has 1 aromatic rings. The maximum atomic E-state index is 7.06. The molecule has 12 heavy (non-hydrogen) atoms. The van der Waals surface area contributed by atoms with Crippen LogP contribution in [0.4, 0.5) is 0 Å². The quantitative estimate of drug-likeness (QED) is 0.529. The minimum Gasteiger partial charge on any atom is -0.308 e. The van der Waals surface area contributed by atoms with Gasteiger partial charge in [-0.05, 0) is 5.56 Å². The van der Waals surface area contributed by atoms with Crippen molar-refractivity contribution in [3.05, 3.63) is 29.8 Å². The van der Waals surface area contributed by atoms with Crippen LogP contribution in [0, 0.1) is 5.41 Å². The minimum atomic E-state index is -1.14. The highest BCUT2D eigenvalue weighted by atomic mass is 28.3. The van der Waals surface area contributed by atoms with Crippen LogP contribution in [0.3, 0.4) is 0 Å². The lowest BCUT2D eigenvalue weighted by Crippen LogP contribution is -2.37. The Morgan fingerprint density at radius 1 is 1.08 bits per heavy atom. The molecule has 0 radical (unpaired) electrons. The van der Waals surface area contributed by atoms with E-state index < -0.39 is 8.07 Å². The highest BCUT2D eigenvalue weighted by Gasteiger charge is 2.14. The van der Waals surface area contributed by atoms with Crippen molar-refractivity contribution in [3.8, 4) is 0 Å². The van der Waals surface area contributed by atoms with Crippen LogP contribution >= 0.6 is 0 Å². The first-order chi connectivity index (χ1) is 5.54. The van der Waals surface area contributed by atoms with Crippen LogP contribution < -0.4 is 5.19 Å². The van der Waals surface area contributed by atoms with E-state index in [0.29, 0.717) is 0 Å². The molecule has 0 unspecified atom stereocenters. The standard InChI is InChI=1S/C10H15NSi/c1-12(2,3)10-6-4-9(8-11)5-7-10/h4-8,11H,1-3H3. The number of nitrogens with one attached hydrogen (secondary N) is 1. The molecule has 0 fully saturated rings. The molecule has 1 N–H and O–H groups in total. The van der Waals surface area contributed by atoms with E-state index in [1.165, 1.54) is 11.4 Å². The van der Waals surface area contributed by atoms with Gasteiger partial charge in [0.2, 0.25) is 0 Å². The second kappa shape index (κ2) is 3.23. The molecular formula is C10H15NSi. The largest absolute Gasteiger partial charge is 0.308 e. The Labute approximate surface area is 75.0 Å². The molecule has 0 aliphatic carbocycles. The molecule has 0 saturated carbocycles.